The normalized spacial score (nSPS) is 39.6. The Morgan fingerprint density at radius 3 is 1.97 bits per heavy atom. The van der Waals surface area contributed by atoms with Gasteiger partial charge in [-0.25, -0.2) is 0 Å². The summed E-state index contributed by atoms with van der Waals surface area (Å²) >= 11 is 0. The standard InChI is InChI=1S/C22H34O11/c1-9(2)11-5-4-10(3)12(6-11)30-22-20(18(28)16(26)14(8-24)32-22)33-21-19(29)17(27)15(25)13(7-23)31-21/h4-6,9,13-29H,7-8H2,1-3H3. The van der Waals surface area contributed by atoms with Crippen LogP contribution in [-0.4, -0.2) is 110 Å². The van der Waals surface area contributed by atoms with E-state index in [1.807, 2.05) is 32.9 Å². The van der Waals surface area contributed by atoms with Crippen molar-refractivity contribution in [2.24, 2.45) is 0 Å². The molecular formula is C22H34O11. The number of rotatable bonds is 7. The minimum atomic E-state index is -1.73. The first-order valence-electron chi connectivity index (χ1n) is 10.9. The third kappa shape index (κ3) is 5.49. The van der Waals surface area contributed by atoms with Crippen LogP contribution in [-0.2, 0) is 14.2 Å². The van der Waals surface area contributed by atoms with Crippen molar-refractivity contribution in [3.63, 3.8) is 0 Å². The molecule has 0 saturated carbocycles. The molecule has 11 nitrogen and oxygen atoms in total. The first-order valence-corrected chi connectivity index (χ1v) is 10.9. The molecule has 10 atom stereocenters. The molecule has 3 rings (SSSR count). The van der Waals surface area contributed by atoms with Gasteiger partial charge in [-0.05, 0) is 30.0 Å². The molecule has 0 amide bonds. The van der Waals surface area contributed by atoms with Gasteiger partial charge < -0.3 is 54.7 Å². The molecule has 1 aromatic rings. The van der Waals surface area contributed by atoms with E-state index in [0.29, 0.717) is 5.75 Å². The fourth-order valence-corrected chi connectivity index (χ4v) is 3.86. The van der Waals surface area contributed by atoms with Crippen LogP contribution in [0.3, 0.4) is 0 Å². The van der Waals surface area contributed by atoms with Crippen molar-refractivity contribution in [1.82, 2.24) is 0 Å². The van der Waals surface area contributed by atoms with E-state index in [2.05, 4.69) is 0 Å². The molecule has 1 aromatic carbocycles. The molecule has 0 aromatic heterocycles. The van der Waals surface area contributed by atoms with E-state index in [9.17, 15) is 35.7 Å². The van der Waals surface area contributed by atoms with Crippen molar-refractivity contribution in [3.05, 3.63) is 29.3 Å². The summed E-state index contributed by atoms with van der Waals surface area (Å²) in [5.74, 6) is 0.632. The molecule has 11 heteroatoms. The van der Waals surface area contributed by atoms with Crippen molar-refractivity contribution in [1.29, 1.82) is 0 Å². The van der Waals surface area contributed by atoms with Crippen molar-refractivity contribution in [2.45, 2.75) is 88.1 Å². The van der Waals surface area contributed by atoms with E-state index in [1.165, 1.54) is 0 Å². The molecule has 0 aliphatic carbocycles. The highest BCUT2D eigenvalue weighted by molar-refractivity contribution is 5.38. The second-order valence-electron chi connectivity index (χ2n) is 8.80. The van der Waals surface area contributed by atoms with Crippen LogP contribution in [0.25, 0.3) is 0 Å². The van der Waals surface area contributed by atoms with Crippen molar-refractivity contribution < 1.29 is 54.7 Å². The van der Waals surface area contributed by atoms with Gasteiger partial charge in [0.15, 0.2) is 12.4 Å². The van der Waals surface area contributed by atoms with E-state index in [1.54, 1.807) is 6.07 Å². The zero-order chi connectivity index (χ0) is 24.4. The second-order valence-corrected chi connectivity index (χ2v) is 8.80. The Bertz CT molecular complexity index is 773. The van der Waals surface area contributed by atoms with Crippen molar-refractivity contribution in [2.75, 3.05) is 13.2 Å². The summed E-state index contributed by atoms with van der Waals surface area (Å²) in [5, 5.41) is 70.4. The number of aryl methyl sites for hydroxylation is 1. The number of aliphatic hydroxyl groups excluding tert-OH is 7. The molecule has 0 bridgehead atoms. The second kappa shape index (κ2) is 10.9. The van der Waals surface area contributed by atoms with Gasteiger partial charge >= 0.3 is 0 Å². The van der Waals surface area contributed by atoms with Gasteiger partial charge in [-0.2, -0.15) is 0 Å². The van der Waals surface area contributed by atoms with Gasteiger partial charge in [0, 0.05) is 0 Å². The molecule has 2 aliphatic heterocycles. The topological polar surface area (TPSA) is 179 Å². The molecule has 33 heavy (non-hydrogen) atoms. The predicted octanol–water partition coefficient (Wildman–Crippen LogP) is -1.88. The van der Waals surface area contributed by atoms with Crippen LogP contribution in [0.4, 0.5) is 0 Å². The maximum atomic E-state index is 10.7. The van der Waals surface area contributed by atoms with Crippen LogP contribution < -0.4 is 4.74 Å². The van der Waals surface area contributed by atoms with Gasteiger partial charge in [0.2, 0.25) is 6.29 Å². The minimum Gasteiger partial charge on any atom is -0.462 e. The van der Waals surface area contributed by atoms with E-state index in [0.717, 1.165) is 11.1 Å². The van der Waals surface area contributed by atoms with Crippen LogP contribution in [0.1, 0.15) is 30.9 Å². The van der Waals surface area contributed by atoms with Crippen LogP contribution in [0, 0.1) is 6.92 Å². The van der Waals surface area contributed by atoms with Gasteiger partial charge in [-0.1, -0.05) is 26.0 Å². The summed E-state index contributed by atoms with van der Waals surface area (Å²) in [6.45, 7) is 4.57. The fraction of sp³-hybridized carbons (Fsp3) is 0.727. The number of ether oxygens (including phenoxy) is 4. The lowest BCUT2D eigenvalue weighted by atomic mass is 9.97. The molecule has 2 heterocycles. The van der Waals surface area contributed by atoms with Crippen molar-refractivity contribution in [3.8, 4) is 5.75 Å². The van der Waals surface area contributed by atoms with Crippen LogP contribution in [0.15, 0.2) is 18.2 Å². The number of benzene rings is 1. The highest BCUT2D eigenvalue weighted by Crippen LogP contribution is 2.32. The number of aliphatic hydroxyl groups is 7. The molecule has 0 spiro atoms. The lowest BCUT2D eigenvalue weighted by Crippen LogP contribution is -2.65. The highest BCUT2D eigenvalue weighted by atomic mass is 16.8. The van der Waals surface area contributed by atoms with Crippen LogP contribution >= 0.6 is 0 Å². The Labute approximate surface area is 191 Å². The number of hydrogen-bond acceptors (Lipinski definition) is 11. The molecule has 10 unspecified atom stereocenters. The van der Waals surface area contributed by atoms with Gasteiger partial charge in [0.1, 0.15) is 48.5 Å². The largest absolute Gasteiger partial charge is 0.462 e. The third-order valence-corrected chi connectivity index (χ3v) is 6.09. The lowest BCUT2D eigenvalue weighted by molar-refractivity contribution is -0.357. The van der Waals surface area contributed by atoms with E-state index < -0.39 is 74.6 Å². The zero-order valence-corrected chi connectivity index (χ0v) is 18.8. The Balaban J connectivity index is 1.87. The van der Waals surface area contributed by atoms with Crippen molar-refractivity contribution >= 4 is 0 Å². The quantitative estimate of drug-likeness (QED) is 0.235. The predicted molar refractivity (Wildman–Crippen MR) is 112 cm³/mol. The number of hydrogen-bond donors (Lipinski definition) is 7. The lowest BCUT2D eigenvalue weighted by Gasteiger charge is -2.45. The summed E-state index contributed by atoms with van der Waals surface area (Å²) in [7, 11) is 0. The summed E-state index contributed by atoms with van der Waals surface area (Å²) < 4.78 is 22.7. The molecule has 2 fully saturated rings. The summed E-state index contributed by atoms with van der Waals surface area (Å²) in [4.78, 5) is 0. The Kier molecular flexibility index (Phi) is 8.67. The monoisotopic (exact) mass is 474 g/mol. The molecule has 2 aliphatic rings. The Hall–Kier alpha value is -1.38. The van der Waals surface area contributed by atoms with Crippen LogP contribution in [0.2, 0.25) is 0 Å². The summed E-state index contributed by atoms with van der Waals surface area (Å²) in [6, 6.07) is 5.61. The molecule has 188 valence electrons. The van der Waals surface area contributed by atoms with Gasteiger partial charge in [-0.3, -0.25) is 0 Å². The maximum Gasteiger partial charge on any atom is 0.229 e. The first kappa shape index (κ1) is 26.2. The first-order chi connectivity index (χ1) is 15.6. The molecule has 2 saturated heterocycles. The summed E-state index contributed by atoms with van der Waals surface area (Å²) in [5.41, 5.74) is 1.74. The highest BCUT2D eigenvalue weighted by Gasteiger charge is 2.51. The molecular weight excluding hydrogens is 440 g/mol. The summed E-state index contributed by atoms with van der Waals surface area (Å²) in [6.07, 6.45) is -14.9. The Morgan fingerprint density at radius 1 is 0.818 bits per heavy atom. The molecule has 7 N–H and O–H groups in total. The van der Waals surface area contributed by atoms with Gasteiger partial charge in [0.25, 0.3) is 0 Å². The Morgan fingerprint density at radius 2 is 1.39 bits per heavy atom. The minimum absolute atomic E-state index is 0.207. The van der Waals surface area contributed by atoms with E-state index in [-0.39, 0.29) is 5.92 Å². The fourth-order valence-electron chi connectivity index (χ4n) is 3.86. The average molecular weight is 475 g/mol. The third-order valence-electron chi connectivity index (χ3n) is 6.09. The van der Waals surface area contributed by atoms with E-state index in [4.69, 9.17) is 18.9 Å². The van der Waals surface area contributed by atoms with Gasteiger partial charge in [0.05, 0.1) is 13.2 Å². The average Bonchev–Trinajstić information content (AvgIpc) is 2.79. The smallest absolute Gasteiger partial charge is 0.229 e. The maximum absolute atomic E-state index is 10.7. The van der Waals surface area contributed by atoms with Crippen LogP contribution in [0.5, 0.6) is 5.75 Å². The SMILES string of the molecule is Cc1ccc(C(C)C)cc1OC1OC(CO)C(O)C(O)C1OC1OC(CO)C(O)C(O)C1O. The molecule has 0 radical (unpaired) electrons. The van der Waals surface area contributed by atoms with Gasteiger partial charge in [-0.15, -0.1) is 0 Å². The zero-order valence-electron chi connectivity index (χ0n) is 18.8. The van der Waals surface area contributed by atoms with E-state index >= 15 is 0 Å².